The van der Waals surface area contributed by atoms with Crippen LogP contribution in [0.4, 0.5) is 5.13 Å². The molecule has 0 spiro atoms. The highest BCUT2D eigenvalue weighted by molar-refractivity contribution is 8.00. The lowest BCUT2D eigenvalue weighted by molar-refractivity contribution is -0.115. The van der Waals surface area contributed by atoms with Gasteiger partial charge in [0.05, 0.1) is 10.9 Å². The van der Waals surface area contributed by atoms with Crippen LogP contribution in [0.3, 0.4) is 0 Å². The third-order valence-electron chi connectivity index (χ3n) is 3.57. The van der Waals surface area contributed by atoms with Crippen LogP contribution in [0.5, 0.6) is 0 Å². The number of thioether (sulfide) groups is 1. The van der Waals surface area contributed by atoms with Crippen LogP contribution in [0.25, 0.3) is 0 Å². The number of nitrogens with zero attached hydrogens (tertiary/aromatic N) is 4. The van der Waals surface area contributed by atoms with Crippen molar-refractivity contribution in [1.82, 2.24) is 19.7 Å². The van der Waals surface area contributed by atoms with Gasteiger partial charge in [0, 0.05) is 17.8 Å². The van der Waals surface area contributed by atoms with Crippen LogP contribution in [-0.4, -0.2) is 30.9 Å². The van der Waals surface area contributed by atoms with Gasteiger partial charge >= 0.3 is 0 Å². The Hall–Kier alpha value is -1.41. The van der Waals surface area contributed by atoms with E-state index in [-0.39, 0.29) is 11.2 Å². The van der Waals surface area contributed by atoms with Crippen LogP contribution in [-0.2, 0) is 17.8 Å². The maximum absolute atomic E-state index is 12.4. The van der Waals surface area contributed by atoms with E-state index in [1.165, 1.54) is 23.1 Å². The number of carbonyl (C=O) groups excluding carboxylic acids is 1. The predicted octanol–water partition coefficient (Wildman–Crippen LogP) is 3.69. The minimum Gasteiger partial charge on any atom is -0.306 e. The van der Waals surface area contributed by atoms with Crippen molar-refractivity contribution in [2.24, 2.45) is 5.92 Å². The molecular weight excluding hydrogens is 342 g/mol. The number of hydrogen-bond acceptors (Lipinski definition) is 6. The molecule has 1 amide bonds. The fraction of sp³-hybridized carbons (Fsp3) is 0.625. The van der Waals surface area contributed by atoms with Gasteiger partial charge in [0.25, 0.3) is 0 Å². The van der Waals surface area contributed by atoms with Crippen molar-refractivity contribution < 1.29 is 4.79 Å². The first-order valence-corrected chi connectivity index (χ1v) is 9.85. The van der Waals surface area contributed by atoms with Crippen molar-refractivity contribution in [2.45, 2.75) is 64.9 Å². The monoisotopic (exact) mass is 367 g/mol. The Kier molecular flexibility index (Phi) is 6.40. The molecule has 24 heavy (non-hydrogen) atoms. The van der Waals surface area contributed by atoms with E-state index < -0.39 is 0 Å². The Bertz CT molecular complexity index is 688. The molecule has 0 aliphatic heterocycles. The van der Waals surface area contributed by atoms with Gasteiger partial charge < -0.3 is 9.88 Å². The summed E-state index contributed by atoms with van der Waals surface area (Å²) >= 11 is 2.94. The number of carbonyl (C=O) groups is 1. The minimum absolute atomic E-state index is 0.0640. The SMILES string of the molecule is CCc1nnc(SC(C)C(=O)Nc2nc(C)c(C)s2)n1CC(C)C. The summed E-state index contributed by atoms with van der Waals surface area (Å²) in [7, 11) is 0. The molecule has 0 aromatic carbocycles. The number of amides is 1. The Labute approximate surface area is 151 Å². The van der Waals surface area contributed by atoms with Gasteiger partial charge in [-0.1, -0.05) is 32.5 Å². The molecule has 0 aliphatic carbocycles. The molecule has 2 aromatic rings. The van der Waals surface area contributed by atoms with Gasteiger partial charge in [-0.15, -0.1) is 21.5 Å². The summed E-state index contributed by atoms with van der Waals surface area (Å²) in [6.07, 6.45) is 0.832. The molecule has 8 heteroatoms. The number of aryl methyl sites for hydroxylation is 3. The van der Waals surface area contributed by atoms with Crippen LogP contribution in [0.1, 0.15) is 44.1 Å². The Morgan fingerprint density at radius 3 is 2.54 bits per heavy atom. The van der Waals surface area contributed by atoms with E-state index in [0.29, 0.717) is 11.0 Å². The van der Waals surface area contributed by atoms with Gasteiger partial charge in [0.1, 0.15) is 5.82 Å². The topological polar surface area (TPSA) is 72.7 Å². The molecule has 0 bridgehead atoms. The third kappa shape index (κ3) is 4.57. The Morgan fingerprint density at radius 1 is 1.29 bits per heavy atom. The molecule has 2 rings (SSSR count). The first kappa shape index (κ1) is 18.9. The summed E-state index contributed by atoms with van der Waals surface area (Å²) in [6, 6.07) is 0. The summed E-state index contributed by atoms with van der Waals surface area (Å²) in [5.41, 5.74) is 0.958. The highest BCUT2D eigenvalue weighted by Gasteiger charge is 2.21. The van der Waals surface area contributed by atoms with Gasteiger partial charge in [-0.2, -0.15) is 0 Å². The third-order valence-corrected chi connectivity index (χ3v) is 5.64. The van der Waals surface area contributed by atoms with Crippen LogP contribution < -0.4 is 5.32 Å². The second kappa shape index (κ2) is 8.11. The number of nitrogens with one attached hydrogen (secondary N) is 1. The number of thiazole rings is 1. The molecule has 0 saturated carbocycles. The van der Waals surface area contributed by atoms with E-state index in [1.54, 1.807) is 0 Å². The second-order valence-corrected chi connectivity index (χ2v) is 8.68. The van der Waals surface area contributed by atoms with Gasteiger partial charge in [-0.05, 0) is 26.7 Å². The van der Waals surface area contributed by atoms with Crippen LogP contribution in [0.15, 0.2) is 5.16 Å². The zero-order valence-electron chi connectivity index (χ0n) is 15.1. The molecule has 2 aromatic heterocycles. The largest absolute Gasteiger partial charge is 0.306 e. The molecule has 0 fully saturated rings. The fourth-order valence-electron chi connectivity index (χ4n) is 2.16. The number of rotatable bonds is 7. The predicted molar refractivity (Wildman–Crippen MR) is 99.8 cm³/mol. The first-order chi connectivity index (χ1) is 11.3. The molecule has 0 saturated heterocycles. The zero-order chi connectivity index (χ0) is 17.9. The van der Waals surface area contributed by atoms with E-state index in [4.69, 9.17) is 0 Å². The van der Waals surface area contributed by atoms with Crippen LogP contribution in [0, 0.1) is 19.8 Å². The Morgan fingerprint density at radius 2 is 2.00 bits per heavy atom. The Balaban J connectivity index is 2.07. The lowest BCUT2D eigenvalue weighted by atomic mass is 10.2. The van der Waals surface area contributed by atoms with Crippen molar-refractivity contribution >= 4 is 34.1 Å². The standard InChI is InChI=1S/C16H25N5OS2/c1-7-13-19-20-16(21(13)8-9(2)3)24-12(6)14(22)18-15-17-10(4)11(5)23-15/h9,12H,7-8H2,1-6H3,(H,17,18,22). The quantitative estimate of drug-likeness (QED) is 0.756. The molecular formula is C16H25N5OS2. The number of hydrogen-bond donors (Lipinski definition) is 1. The molecule has 1 atom stereocenters. The maximum atomic E-state index is 12.4. The van der Waals surface area contributed by atoms with Gasteiger partial charge in [0.15, 0.2) is 10.3 Å². The van der Waals surface area contributed by atoms with E-state index in [2.05, 4.69) is 45.8 Å². The molecule has 6 nitrogen and oxygen atoms in total. The van der Waals surface area contributed by atoms with Gasteiger partial charge in [0.2, 0.25) is 5.91 Å². The zero-order valence-corrected chi connectivity index (χ0v) is 16.7. The lowest BCUT2D eigenvalue weighted by Crippen LogP contribution is -2.23. The van der Waals surface area contributed by atoms with Crippen molar-refractivity contribution in [1.29, 1.82) is 0 Å². The molecule has 0 aliphatic rings. The highest BCUT2D eigenvalue weighted by atomic mass is 32.2. The maximum Gasteiger partial charge on any atom is 0.239 e. The smallest absolute Gasteiger partial charge is 0.239 e. The van der Waals surface area contributed by atoms with E-state index in [0.717, 1.165) is 34.5 Å². The fourth-order valence-corrected chi connectivity index (χ4v) is 3.86. The van der Waals surface area contributed by atoms with Crippen molar-refractivity contribution in [3.8, 4) is 0 Å². The van der Waals surface area contributed by atoms with Crippen molar-refractivity contribution in [3.05, 3.63) is 16.4 Å². The second-order valence-electron chi connectivity index (χ2n) is 6.17. The first-order valence-electron chi connectivity index (χ1n) is 8.15. The minimum atomic E-state index is -0.269. The molecule has 1 unspecified atom stereocenters. The number of aromatic nitrogens is 4. The summed E-state index contributed by atoms with van der Waals surface area (Å²) in [6.45, 7) is 13.1. The van der Waals surface area contributed by atoms with Crippen LogP contribution in [0.2, 0.25) is 0 Å². The molecule has 2 heterocycles. The normalized spacial score (nSPS) is 12.6. The van der Waals surface area contributed by atoms with E-state index >= 15 is 0 Å². The summed E-state index contributed by atoms with van der Waals surface area (Å²) in [4.78, 5) is 17.9. The average Bonchev–Trinajstić information content (AvgIpc) is 3.02. The van der Waals surface area contributed by atoms with E-state index in [9.17, 15) is 4.79 Å². The summed E-state index contributed by atoms with van der Waals surface area (Å²) in [5, 5.41) is 12.6. The lowest BCUT2D eigenvalue weighted by Gasteiger charge is -2.14. The molecule has 132 valence electrons. The average molecular weight is 368 g/mol. The highest BCUT2D eigenvalue weighted by Crippen LogP contribution is 2.26. The van der Waals surface area contributed by atoms with Crippen LogP contribution >= 0.6 is 23.1 Å². The van der Waals surface area contributed by atoms with Crippen molar-refractivity contribution in [2.75, 3.05) is 5.32 Å². The van der Waals surface area contributed by atoms with Gasteiger partial charge in [-0.3, -0.25) is 4.79 Å². The summed E-state index contributed by atoms with van der Waals surface area (Å²) < 4.78 is 2.12. The number of anilines is 1. The molecule has 1 N–H and O–H groups in total. The van der Waals surface area contributed by atoms with E-state index in [1.807, 2.05) is 20.8 Å². The van der Waals surface area contributed by atoms with Gasteiger partial charge in [-0.25, -0.2) is 4.98 Å². The molecule has 0 radical (unpaired) electrons. The van der Waals surface area contributed by atoms with Crippen molar-refractivity contribution in [3.63, 3.8) is 0 Å². The summed E-state index contributed by atoms with van der Waals surface area (Å²) in [5.74, 6) is 1.40.